The number of aliphatic carboxylic acids is 1. The van der Waals surface area contributed by atoms with Gasteiger partial charge in [-0.2, -0.15) is 0 Å². The summed E-state index contributed by atoms with van der Waals surface area (Å²) in [5.74, 6) is 0.669. The Morgan fingerprint density at radius 3 is 2.87 bits per heavy atom. The fourth-order valence-corrected chi connectivity index (χ4v) is 1.48. The predicted molar refractivity (Wildman–Crippen MR) is 54.5 cm³/mol. The Bertz CT molecular complexity index is 394. The second-order valence-electron chi connectivity index (χ2n) is 2.63. The third kappa shape index (κ3) is 3.07. The van der Waals surface area contributed by atoms with E-state index in [1.165, 1.54) is 16.8 Å². The lowest BCUT2D eigenvalue weighted by Gasteiger charge is -2.16. The molecule has 15 heavy (non-hydrogen) atoms. The third-order valence-electron chi connectivity index (χ3n) is 1.55. The van der Waals surface area contributed by atoms with Gasteiger partial charge < -0.3 is 10.0 Å². The first-order valence-electron chi connectivity index (χ1n) is 3.98. The van der Waals surface area contributed by atoms with Crippen molar-refractivity contribution in [2.75, 3.05) is 13.1 Å². The molecule has 0 aromatic carbocycles. The van der Waals surface area contributed by atoms with Crippen molar-refractivity contribution in [1.29, 1.82) is 0 Å². The lowest BCUT2D eigenvalue weighted by atomic mass is 10.3. The quantitative estimate of drug-likeness (QED) is 0.747. The number of aromatic nitrogens is 1. The molecule has 78 valence electrons. The van der Waals surface area contributed by atoms with Gasteiger partial charge in [-0.05, 0) is 0 Å². The van der Waals surface area contributed by atoms with E-state index in [1.807, 2.05) is 0 Å². The minimum Gasteiger partial charge on any atom is -0.480 e. The highest BCUT2D eigenvalue weighted by Gasteiger charge is 2.18. The Hall–Kier alpha value is -1.87. The first kappa shape index (κ1) is 11.2. The predicted octanol–water partition coefficient (Wildman–Crippen LogP) is 0.303. The molecule has 0 unspecified atom stereocenters. The van der Waals surface area contributed by atoms with Gasteiger partial charge in [-0.3, -0.25) is 9.59 Å². The SMILES string of the molecule is C#CCN(CC(=O)O)C(=O)c1cscn1. The summed E-state index contributed by atoms with van der Waals surface area (Å²) in [6.45, 7) is -0.455. The summed E-state index contributed by atoms with van der Waals surface area (Å²) < 4.78 is 0. The molecule has 0 saturated heterocycles. The Morgan fingerprint density at radius 1 is 1.67 bits per heavy atom. The van der Waals surface area contributed by atoms with Gasteiger partial charge in [0.05, 0.1) is 12.1 Å². The third-order valence-corrected chi connectivity index (χ3v) is 2.13. The number of hydrogen-bond acceptors (Lipinski definition) is 4. The molecule has 1 heterocycles. The molecule has 0 radical (unpaired) electrons. The maximum Gasteiger partial charge on any atom is 0.323 e. The van der Waals surface area contributed by atoms with Gasteiger partial charge in [0.2, 0.25) is 0 Å². The second-order valence-corrected chi connectivity index (χ2v) is 3.35. The summed E-state index contributed by atoms with van der Waals surface area (Å²) in [5.41, 5.74) is 1.72. The first-order valence-corrected chi connectivity index (χ1v) is 4.92. The minimum absolute atomic E-state index is 0.0390. The fourth-order valence-electron chi connectivity index (χ4n) is 0.953. The molecule has 0 bridgehead atoms. The minimum atomic E-state index is -1.10. The summed E-state index contributed by atoms with van der Waals surface area (Å²) in [7, 11) is 0. The van der Waals surface area contributed by atoms with Crippen LogP contribution in [0.3, 0.4) is 0 Å². The van der Waals surface area contributed by atoms with Crippen LogP contribution in [-0.2, 0) is 4.79 Å². The zero-order valence-electron chi connectivity index (χ0n) is 7.71. The van der Waals surface area contributed by atoms with Crippen molar-refractivity contribution in [3.05, 3.63) is 16.6 Å². The number of terminal acetylenes is 1. The number of carbonyl (C=O) groups is 2. The van der Waals surface area contributed by atoms with Crippen molar-refractivity contribution < 1.29 is 14.7 Å². The Balaban J connectivity index is 2.76. The van der Waals surface area contributed by atoms with E-state index >= 15 is 0 Å². The first-order chi connectivity index (χ1) is 7.15. The monoisotopic (exact) mass is 224 g/mol. The van der Waals surface area contributed by atoms with Crippen LogP contribution in [0.25, 0.3) is 0 Å². The zero-order valence-corrected chi connectivity index (χ0v) is 8.53. The molecule has 1 aromatic heterocycles. The molecule has 0 aliphatic rings. The number of thiazole rings is 1. The van der Waals surface area contributed by atoms with E-state index in [2.05, 4.69) is 10.9 Å². The molecule has 0 fully saturated rings. The second kappa shape index (κ2) is 5.12. The largest absolute Gasteiger partial charge is 0.480 e. The number of carbonyl (C=O) groups excluding carboxylic acids is 1. The lowest BCUT2D eigenvalue weighted by Crippen LogP contribution is -2.36. The summed E-state index contributed by atoms with van der Waals surface area (Å²) in [6, 6.07) is 0. The van der Waals surface area contributed by atoms with Crippen molar-refractivity contribution in [3.8, 4) is 12.3 Å². The van der Waals surface area contributed by atoms with E-state index in [9.17, 15) is 9.59 Å². The van der Waals surface area contributed by atoms with Gasteiger partial charge in [0.25, 0.3) is 5.91 Å². The Morgan fingerprint density at radius 2 is 2.40 bits per heavy atom. The smallest absolute Gasteiger partial charge is 0.323 e. The van der Waals surface area contributed by atoms with Gasteiger partial charge in [-0.15, -0.1) is 17.8 Å². The molecule has 0 saturated carbocycles. The van der Waals surface area contributed by atoms with E-state index in [1.54, 1.807) is 5.38 Å². The Kier molecular flexibility index (Phi) is 3.83. The average Bonchev–Trinajstić information content (AvgIpc) is 2.68. The van der Waals surface area contributed by atoms with E-state index in [0.29, 0.717) is 0 Å². The highest BCUT2D eigenvalue weighted by Crippen LogP contribution is 2.05. The number of amides is 1. The molecule has 1 amide bonds. The summed E-state index contributed by atoms with van der Waals surface area (Å²) in [6.07, 6.45) is 5.04. The standard InChI is InChI=1S/C9H8N2O3S/c1-2-3-11(4-8(12)13)9(14)7-5-15-6-10-7/h1,5-6H,3-4H2,(H,12,13). The van der Waals surface area contributed by atoms with Gasteiger partial charge in [-0.1, -0.05) is 5.92 Å². The molecular weight excluding hydrogens is 216 g/mol. The number of carboxylic acids is 1. The van der Waals surface area contributed by atoms with Crippen LogP contribution in [0.2, 0.25) is 0 Å². The summed E-state index contributed by atoms with van der Waals surface area (Å²) in [4.78, 5) is 27.0. The van der Waals surface area contributed by atoms with Crippen LogP contribution in [0.1, 0.15) is 10.5 Å². The van der Waals surface area contributed by atoms with Gasteiger partial charge >= 0.3 is 5.97 Å². The van der Waals surface area contributed by atoms with Gasteiger partial charge in [0.1, 0.15) is 12.2 Å². The Labute approximate surface area is 90.4 Å². The molecule has 0 spiro atoms. The van der Waals surface area contributed by atoms with Crippen molar-refractivity contribution in [3.63, 3.8) is 0 Å². The topological polar surface area (TPSA) is 70.5 Å². The highest BCUT2D eigenvalue weighted by atomic mass is 32.1. The van der Waals surface area contributed by atoms with Crippen molar-refractivity contribution in [1.82, 2.24) is 9.88 Å². The highest BCUT2D eigenvalue weighted by molar-refractivity contribution is 7.07. The van der Waals surface area contributed by atoms with Gasteiger partial charge in [-0.25, -0.2) is 4.98 Å². The number of carboxylic acid groups (broad SMARTS) is 1. The molecular formula is C9H8N2O3S. The van der Waals surface area contributed by atoms with E-state index in [-0.39, 0.29) is 12.2 Å². The molecule has 1 aromatic rings. The normalized spacial score (nSPS) is 9.27. The van der Waals surface area contributed by atoms with E-state index < -0.39 is 18.4 Å². The van der Waals surface area contributed by atoms with E-state index in [0.717, 1.165) is 4.90 Å². The van der Waals surface area contributed by atoms with Crippen molar-refractivity contribution >= 4 is 23.2 Å². The van der Waals surface area contributed by atoms with Crippen LogP contribution in [0.5, 0.6) is 0 Å². The lowest BCUT2D eigenvalue weighted by molar-refractivity contribution is -0.137. The van der Waals surface area contributed by atoms with Crippen molar-refractivity contribution in [2.24, 2.45) is 0 Å². The van der Waals surface area contributed by atoms with E-state index in [4.69, 9.17) is 11.5 Å². The van der Waals surface area contributed by atoms with Crippen LogP contribution in [0.4, 0.5) is 0 Å². The van der Waals surface area contributed by atoms with Gasteiger partial charge in [0, 0.05) is 5.38 Å². The summed E-state index contributed by atoms with van der Waals surface area (Å²) >= 11 is 1.26. The molecule has 0 aliphatic heterocycles. The van der Waals surface area contributed by atoms with Crippen LogP contribution >= 0.6 is 11.3 Å². The molecule has 1 N–H and O–H groups in total. The summed E-state index contributed by atoms with van der Waals surface area (Å²) in [5, 5.41) is 10.1. The molecule has 5 nitrogen and oxygen atoms in total. The average molecular weight is 224 g/mol. The van der Waals surface area contributed by atoms with Gasteiger partial charge in [0.15, 0.2) is 0 Å². The maximum atomic E-state index is 11.6. The number of nitrogens with zero attached hydrogens (tertiary/aromatic N) is 2. The van der Waals surface area contributed by atoms with Crippen LogP contribution in [0.15, 0.2) is 10.9 Å². The number of hydrogen-bond donors (Lipinski definition) is 1. The maximum absolute atomic E-state index is 11.6. The fraction of sp³-hybridized carbons (Fsp3) is 0.222. The van der Waals surface area contributed by atoms with Crippen LogP contribution in [-0.4, -0.2) is 40.0 Å². The van der Waals surface area contributed by atoms with Crippen LogP contribution in [0, 0.1) is 12.3 Å². The van der Waals surface area contributed by atoms with Crippen molar-refractivity contribution in [2.45, 2.75) is 0 Å². The molecule has 1 rings (SSSR count). The zero-order chi connectivity index (χ0) is 11.3. The molecule has 0 atom stereocenters. The van der Waals surface area contributed by atoms with Crippen LogP contribution < -0.4 is 0 Å². The molecule has 6 heteroatoms. The number of rotatable bonds is 4. The molecule has 0 aliphatic carbocycles.